The molecule has 150 valence electrons. The second kappa shape index (κ2) is 8.47. The number of rotatable bonds is 4. The van der Waals surface area contributed by atoms with E-state index in [4.69, 9.17) is 23.9 Å². The number of thioether (sulfide) groups is 1. The van der Waals surface area contributed by atoms with Crippen LogP contribution in [0.15, 0.2) is 4.99 Å². The van der Waals surface area contributed by atoms with Crippen LogP contribution >= 0.6 is 11.8 Å². The maximum atomic E-state index is 11.7. The van der Waals surface area contributed by atoms with Crippen molar-refractivity contribution in [3.8, 4) is 0 Å². The van der Waals surface area contributed by atoms with Crippen molar-refractivity contribution in [2.45, 2.75) is 63.4 Å². The predicted octanol–water partition coefficient (Wildman–Crippen LogP) is 0.705. The zero-order valence-corrected chi connectivity index (χ0v) is 16.4. The average Bonchev–Trinajstić information content (AvgIpc) is 3.23. The number of esters is 3. The standard InChI is InChI=1S/C17H24N2O7S/c1-9(20)23-8-12-14(24-10(2)21)15(25-11(3)22)13-16(26-12)27-17(18-13)19-6-4-5-7-19/h12-16H,4-8H2,1-3H3. The van der Waals surface area contributed by atoms with Gasteiger partial charge in [0.05, 0.1) is 0 Å². The Morgan fingerprint density at radius 1 is 1.07 bits per heavy atom. The van der Waals surface area contributed by atoms with Crippen LogP contribution in [0.3, 0.4) is 0 Å². The van der Waals surface area contributed by atoms with Crippen LogP contribution in [0.1, 0.15) is 33.6 Å². The van der Waals surface area contributed by atoms with Gasteiger partial charge in [-0.2, -0.15) is 0 Å². The van der Waals surface area contributed by atoms with Gasteiger partial charge in [-0.25, -0.2) is 0 Å². The number of hydrogen-bond donors (Lipinski definition) is 0. The summed E-state index contributed by atoms with van der Waals surface area (Å²) in [5.41, 5.74) is -0.405. The van der Waals surface area contributed by atoms with Gasteiger partial charge in [-0.3, -0.25) is 19.4 Å². The molecule has 0 amide bonds. The van der Waals surface area contributed by atoms with E-state index in [1.807, 2.05) is 0 Å². The molecule has 2 fully saturated rings. The molecule has 0 aromatic rings. The molecule has 0 radical (unpaired) electrons. The molecule has 5 unspecified atom stereocenters. The number of likely N-dealkylation sites (tertiary alicyclic amines) is 1. The average molecular weight is 400 g/mol. The van der Waals surface area contributed by atoms with Crippen molar-refractivity contribution in [1.29, 1.82) is 0 Å². The van der Waals surface area contributed by atoms with Gasteiger partial charge in [0.2, 0.25) is 0 Å². The Morgan fingerprint density at radius 2 is 1.70 bits per heavy atom. The highest BCUT2D eigenvalue weighted by Crippen LogP contribution is 2.40. The molecule has 0 N–H and O–H groups in total. The van der Waals surface area contributed by atoms with Gasteiger partial charge in [-0.05, 0) is 12.8 Å². The normalized spacial score (nSPS) is 32.5. The van der Waals surface area contributed by atoms with Crippen LogP contribution in [-0.4, -0.2) is 77.5 Å². The molecule has 10 heteroatoms. The molecule has 0 aromatic heterocycles. The van der Waals surface area contributed by atoms with Gasteiger partial charge < -0.3 is 23.8 Å². The molecule has 0 bridgehead atoms. The summed E-state index contributed by atoms with van der Waals surface area (Å²) in [4.78, 5) is 41.4. The third-order valence-electron chi connectivity index (χ3n) is 4.53. The highest BCUT2D eigenvalue weighted by atomic mass is 32.2. The Labute approximate surface area is 161 Å². The van der Waals surface area contributed by atoms with Crippen LogP contribution < -0.4 is 0 Å². The Bertz CT molecular complexity index is 635. The van der Waals surface area contributed by atoms with E-state index in [9.17, 15) is 14.4 Å². The van der Waals surface area contributed by atoms with Crippen molar-refractivity contribution in [1.82, 2.24) is 4.90 Å². The number of carbonyl (C=O) groups excluding carboxylic acids is 3. The first kappa shape index (κ1) is 19.9. The van der Waals surface area contributed by atoms with Crippen molar-refractivity contribution < 1.29 is 33.3 Å². The van der Waals surface area contributed by atoms with E-state index in [0.29, 0.717) is 0 Å². The van der Waals surface area contributed by atoms with Gasteiger partial charge in [-0.1, -0.05) is 11.8 Å². The Kier molecular flexibility index (Phi) is 6.25. The zero-order chi connectivity index (χ0) is 19.6. The lowest BCUT2D eigenvalue weighted by atomic mass is 9.98. The monoisotopic (exact) mass is 400 g/mol. The van der Waals surface area contributed by atoms with Gasteiger partial charge in [0, 0.05) is 33.9 Å². The summed E-state index contributed by atoms with van der Waals surface area (Å²) in [5, 5.41) is 0.842. The maximum absolute atomic E-state index is 11.7. The van der Waals surface area contributed by atoms with Crippen molar-refractivity contribution in [2.24, 2.45) is 4.99 Å². The lowest BCUT2D eigenvalue weighted by Crippen LogP contribution is -2.59. The van der Waals surface area contributed by atoms with Crippen LogP contribution in [0, 0.1) is 0 Å². The molecule has 27 heavy (non-hydrogen) atoms. The van der Waals surface area contributed by atoms with Crippen molar-refractivity contribution in [2.75, 3.05) is 19.7 Å². The van der Waals surface area contributed by atoms with Gasteiger partial charge in [0.15, 0.2) is 17.4 Å². The second-order valence-electron chi connectivity index (χ2n) is 6.71. The van der Waals surface area contributed by atoms with Crippen LogP contribution in [-0.2, 0) is 33.3 Å². The summed E-state index contributed by atoms with van der Waals surface area (Å²) >= 11 is 1.46. The molecule has 9 nitrogen and oxygen atoms in total. The van der Waals surface area contributed by atoms with E-state index in [1.165, 1.54) is 32.5 Å². The quantitative estimate of drug-likeness (QED) is 0.498. The first-order chi connectivity index (χ1) is 12.8. The largest absolute Gasteiger partial charge is 0.463 e. The molecule has 3 rings (SSSR count). The summed E-state index contributed by atoms with van der Waals surface area (Å²) in [6, 6.07) is -0.493. The summed E-state index contributed by atoms with van der Waals surface area (Å²) in [7, 11) is 0. The van der Waals surface area contributed by atoms with Gasteiger partial charge in [0.1, 0.15) is 24.2 Å². The number of hydrogen-bond acceptors (Lipinski definition) is 10. The number of amidine groups is 1. The summed E-state index contributed by atoms with van der Waals surface area (Å²) in [6.45, 7) is 5.59. The molecule has 3 heterocycles. The second-order valence-corrected chi connectivity index (χ2v) is 7.77. The van der Waals surface area contributed by atoms with Crippen molar-refractivity contribution >= 4 is 34.8 Å². The molecule has 3 aliphatic heterocycles. The number of fused-ring (bicyclic) bond motifs is 1. The van der Waals surface area contributed by atoms with Crippen molar-refractivity contribution in [3.05, 3.63) is 0 Å². The van der Waals surface area contributed by atoms with Crippen LogP contribution in [0.25, 0.3) is 0 Å². The molecule has 0 saturated carbocycles. The van der Waals surface area contributed by atoms with Gasteiger partial charge >= 0.3 is 17.9 Å². The highest BCUT2D eigenvalue weighted by Gasteiger charge is 2.53. The fourth-order valence-corrected chi connectivity index (χ4v) is 4.72. The highest BCUT2D eigenvalue weighted by molar-refractivity contribution is 8.14. The maximum Gasteiger partial charge on any atom is 0.303 e. The third-order valence-corrected chi connectivity index (χ3v) is 5.72. The first-order valence-electron chi connectivity index (χ1n) is 8.98. The molecule has 0 aliphatic carbocycles. The van der Waals surface area contributed by atoms with Gasteiger partial charge in [0.25, 0.3) is 0 Å². The first-order valence-corrected chi connectivity index (χ1v) is 9.86. The minimum Gasteiger partial charge on any atom is -0.463 e. The van der Waals surface area contributed by atoms with E-state index in [2.05, 4.69) is 4.90 Å². The van der Waals surface area contributed by atoms with E-state index >= 15 is 0 Å². The summed E-state index contributed by atoms with van der Waals surface area (Å²) < 4.78 is 22.0. The number of aliphatic imine (C=N–C) groups is 1. The molecular formula is C17H24N2O7S. The van der Waals surface area contributed by atoms with Crippen molar-refractivity contribution in [3.63, 3.8) is 0 Å². The lowest BCUT2D eigenvalue weighted by molar-refractivity contribution is -0.208. The fourth-order valence-electron chi connectivity index (χ4n) is 3.45. The number of ether oxygens (including phenoxy) is 4. The molecule has 2 saturated heterocycles. The lowest BCUT2D eigenvalue weighted by Gasteiger charge is -2.41. The number of nitrogens with zero attached hydrogens (tertiary/aromatic N) is 2. The van der Waals surface area contributed by atoms with Gasteiger partial charge in [-0.15, -0.1) is 0 Å². The smallest absolute Gasteiger partial charge is 0.303 e. The van der Waals surface area contributed by atoms with Crippen LogP contribution in [0.4, 0.5) is 0 Å². The van der Waals surface area contributed by atoms with Crippen LogP contribution in [0.5, 0.6) is 0 Å². The SMILES string of the molecule is CC(=O)OCC1OC2SC(N3CCCC3)=NC2C(OC(C)=O)C1OC(C)=O. The van der Waals surface area contributed by atoms with E-state index in [-0.39, 0.29) is 6.61 Å². The predicted molar refractivity (Wildman–Crippen MR) is 96.0 cm³/mol. The van der Waals surface area contributed by atoms with Crippen LogP contribution in [0.2, 0.25) is 0 Å². The van der Waals surface area contributed by atoms with E-state index in [1.54, 1.807) is 0 Å². The Hall–Kier alpha value is -1.81. The minimum atomic E-state index is -0.908. The number of carbonyl (C=O) groups is 3. The molecule has 0 spiro atoms. The molecule has 3 aliphatic rings. The topological polar surface area (TPSA) is 104 Å². The summed E-state index contributed by atoms with van der Waals surface area (Å²) in [5.74, 6) is -1.51. The fraction of sp³-hybridized carbons (Fsp3) is 0.765. The molecule has 0 aromatic carbocycles. The zero-order valence-electron chi connectivity index (χ0n) is 15.6. The Balaban J connectivity index is 1.85. The molecule has 5 atom stereocenters. The van der Waals surface area contributed by atoms with E-state index in [0.717, 1.165) is 31.1 Å². The third kappa shape index (κ3) is 4.73. The molecular weight excluding hydrogens is 376 g/mol. The van der Waals surface area contributed by atoms with E-state index < -0.39 is 47.7 Å². The minimum absolute atomic E-state index is 0.103. The summed E-state index contributed by atoms with van der Waals surface area (Å²) in [6.07, 6.45) is -0.251. The Morgan fingerprint density at radius 3 is 2.30 bits per heavy atom.